The summed E-state index contributed by atoms with van der Waals surface area (Å²) in [5, 5.41) is 18.3. The Labute approximate surface area is 93.3 Å². The van der Waals surface area contributed by atoms with Crippen molar-refractivity contribution < 1.29 is 14.9 Å². The molecule has 0 fully saturated rings. The molecule has 14 heavy (non-hydrogen) atoms. The van der Waals surface area contributed by atoms with E-state index in [1.807, 2.05) is 0 Å². The molecule has 0 heterocycles. The average Bonchev–Trinajstić information content (AvgIpc) is 2.20. The normalized spacial score (nSPS) is 8.93. The Morgan fingerprint density at radius 3 is 1.93 bits per heavy atom. The predicted octanol–water partition coefficient (Wildman–Crippen LogP) is 1.97. The van der Waals surface area contributed by atoms with Gasteiger partial charge in [-0.05, 0) is 18.6 Å². The third-order valence-electron chi connectivity index (χ3n) is 1.28. The fraction of sp³-hybridized carbons (Fsp3) is 0.333. The van der Waals surface area contributed by atoms with Gasteiger partial charge in [-0.3, -0.25) is 0 Å². The van der Waals surface area contributed by atoms with Crippen LogP contribution in [-0.2, 0) is 4.65 Å². The minimum atomic E-state index is -0.0764. The van der Waals surface area contributed by atoms with Crippen molar-refractivity contribution in [2.45, 2.75) is 6.42 Å². The molecular formula is C9H12BBrO3. The zero-order valence-electron chi connectivity index (χ0n) is 7.69. The van der Waals surface area contributed by atoms with Crippen LogP contribution in [0.2, 0.25) is 0 Å². The molecule has 76 valence electrons. The Kier molecular flexibility index (Phi) is 8.47. The summed E-state index contributed by atoms with van der Waals surface area (Å²) in [7, 11) is 4.69. The molecule has 0 saturated carbocycles. The van der Waals surface area contributed by atoms with Crippen LogP contribution >= 0.6 is 15.9 Å². The first kappa shape index (κ1) is 13.3. The number of hydrogen-bond acceptors (Lipinski definition) is 3. The first-order valence-corrected chi connectivity index (χ1v) is 5.19. The Morgan fingerprint density at radius 2 is 1.71 bits per heavy atom. The van der Waals surface area contributed by atoms with Crippen LogP contribution in [0.15, 0.2) is 24.3 Å². The summed E-state index contributed by atoms with van der Waals surface area (Å²) in [5.74, 6) is -0.153. The van der Waals surface area contributed by atoms with Crippen LogP contribution in [0.4, 0.5) is 0 Å². The number of alkyl halides is 1. The van der Waals surface area contributed by atoms with E-state index in [9.17, 15) is 0 Å². The van der Waals surface area contributed by atoms with Crippen molar-refractivity contribution >= 4 is 24.0 Å². The fourth-order valence-corrected chi connectivity index (χ4v) is 0.831. The molecule has 0 spiro atoms. The molecule has 0 unspecified atom stereocenters. The van der Waals surface area contributed by atoms with E-state index in [2.05, 4.69) is 20.6 Å². The number of aromatic hydroxyl groups is 2. The number of benzene rings is 1. The lowest BCUT2D eigenvalue weighted by Gasteiger charge is -1.91. The third kappa shape index (κ3) is 6.80. The molecule has 0 atom stereocenters. The number of rotatable bonds is 3. The Bertz CT molecular complexity index is 220. The average molecular weight is 259 g/mol. The molecule has 2 radical (unpaired) electrons. The molecule has 1 aromatic carbocycles. The summed E-state index contributed by atoms with van der Waals surface area (Å²) in [6.45, 7) is 0.644. The lowest BCUT2D eigenvalue weighted by molar-refractivity contribution is 0.351. The molecule has 0 aliphatic rings. The van der Waals surface area contributed by atoms with Crippen molar-refractivity contribution in [3.05, 3.63) is 24.3 Å². The van der Waals surface area contributed by atoms with E-state index in [0.29, 0.717) is 6.61 Å². The molecule has 1 rings (SSSR count). The van der Waals surface area contributed by atoms with Gasteiger partial charge in [-0.2, -0.15) is 0 Å². The van der Waals surface area contributed by atoms with Crippen molar-refractivity contribution in [1.29, 1.82) is 0 Å². The van der Waals surface area contributed by atoms with Gasteiger partial charge in [0.2, 0.25) is 0 Å². The lowest BCUT2D eigenvalue weighted by Crippen LogP contribution is -1.88. The number of hydrogen-bond donors (Lipinski definition) is 2. The maximum atomic E-state index is 8.67. The minimum absolute atomic E-state index is 0.0764. The van der Waals surface area contributed by atoms with Gasteiger partial charge in [-0.15, -0.1) is 0 Å². The van der Waals surface area contributed by atoms with E-state index in [1.165, 1.54) is 12.1 Å². The number of phenolic OH excluding ortho intramolecular Hbond substituents is 2. The highest BCUT2D eigenvalue weighted by Gasteiger charge is 1.90. The van der Waals surface area contributed by atoms with Gasteiger partial charge in [0.25, 0.3) is 8.05 Å². The first-order chi connectivity index (χ1) is 6.72. The van der Waals surface area contributed by atoms with E-state index in [1.54, 1.807) is 12.1 Å². The molecule has 0 amide bonds. The zero-order valence-corrected chi connectivity index (χ0v) is 9.27. The summed E-state index contributed by atoms with van der Waals surface area (Å²) in [4.78, 5) is 0. The SMILES string of the molecule is Oc1ccccc1O.[B]OCCCBr. The quantitative estimate of drug-likeness (QED) is 0.377. The highest BCUT2D eigenvalue weighted by molar-refractivity contribution is 9.09. The summed E-state index contributed by atoms with van der Waals surface area (Å²) in [6.07, 6.45) is 0.983. The van der Waals surface area contributed by atoms with Gasteiger partial charge in [-0.1, -0.05) is 28.1 Å². The zero-order chi connectivity index (χ0) is 10.8. The van der Waals surface area contributed by atoms with E-state index in [-0.39, 0.29) is 11.5 Å². The molecular weight excluding hydrogens is 247 g/mol. The molecule has 5 heteroatoms. The molecule has 3 nitrogen and oxygen atoms in total. The number of para-hydroxylation sites is 2. The van der Waals surface area contributed by atoms with Crippen LogP contribution in [0.25, 0.3) is 0 Å². The van der Waals surface area contributed by atoms with E-state index < -0.39 is 0 Å². The van der Waals surface area contributed by atoms with Crippen molar-refractivity contribution in [2.24, 2.45) is 0 Å². The Hall–Kier alpha value is -0.675. The molecule has 0 saturated heterocycles. The summed E-state index contributed by atoms with van der Waals surface area (Å²) in [5.41, 5.74) is 0. The first-order valence-electron chi connectivity index (χ1n) is 4.07. The van der Waals surface area contributed by atoms with Crippen molar-refractivity contribution in [2.75, 3.05) is 11.9 Å². The van der Waals surface area contributed by atoms with Crippen molar-refractivity contribution in [3.8, 4) is 11.5 Å². The Morgan fingerprint density at radius 1 is 1.21 bits per heavy atom. The minimum Gasteiger partial charge on any atom is -0.504 e. The maximum absolute atomic E-state index is 8.67. The van der Waals surface area contributed by atoms with Crippen LogP contribution in [0.5, 0.6) is 11.5 Å². The molecule has 2 N–H and O–H groups in total. The Balaban J connectivity index is 0.000000255. The maximum Gasteiger partial charge on any atom is 0.282 e. The standard InChI is InChI=1S/C6H6O2.C3H6BBrO/c7-5-3-1-2-4-6(5)8;4-6-3-1-2-5/h1-4,7-8H;1-3H2. The van der Waals surface area contributed by atoms with E-state index in [4.69, 9.17) is 18.3 Å². The number of halogens is 1. The molecule has 0 aromatic heterocycles. The largest absolute Gasteiger partial charge is 0.504 e. The number of phenols is 2. The van der Waals surface area contributed by atoms with Gasteiger partial charge in [0.05, 0.1) is 0 Å². The summed E-state index contributed by atoms with van der Waals surface area (Å²) in [6, 6.07) is 6.15. The fourth-order valence-electron chi connectivity index (χ4n) is 0.602. The molecule has 0 bridgehead atoms. The van der Waals surface area contributed by atoms with Crippen molar-refractivity contribution in [3.63, 3.8) is 0 Å². The summed E-state index contributed by atoms with van der Waals surface area (Å²) < 4.78 is 4.25. The van der Waals surface area contributed by atoms with Gasteiger partial charge in [0, 0.05) is 11.9 Å². The smallest absolute Gasteiger partial charge is 0.282 e. The molecule has 0 aliphatic carbocycles. The third-order valence-corrected chi connectivity index (χ3v) is 1.84. The van der Waals surface area contributed by atoms with Crippen LogP contribution < -0.4 is 0 Å². The van der Waals surface area contributed by atoms with Gasteiger partial charge >= 0.3 is 0 Å². The van der Waals surface area contributed by atoms with Gasteiger partial charge in [0.1, 0.15) is 0 Å². The highest BCUT2D eigenvalue weighted by Crippen LogP contribution is 2.21. The highest BCUT2D eigenvalue weighted by atomic mass is 79.9. The molecule has 1 aromatic rings. The van der Waals surface area contributed by atoms with Crippen LogP contribution in [-0.4, -0.2) is 30.2 Å². The van der Waals surface area contributed by atoms with E-state index in [0.717, 1.165) is 11.8 Å². The second-order valence-electron chi connectivity index (χ2n) is 2.40. The predicted molar refractivity (Wildman–Crippen MR) is 59.9 cm³/mol. The summed E-state index contributed by atoms with van der Waals surface area (Å²) >= 11 is 3.21. The van der Waals surface area contributed by atoms with Crippen LogP contribution in [0, 0.1) is 0 Å². The van der Waals surface area contributed by atoms with Gasteiger partial charge in [0.15, 0.2) is 11.5 Å². The monoisotopic (exact) mass is 258 g/mol. The molecule has 0 aliphatic heterocycles. The van der Waals surface area contributed by atoms with E-state index >= 15 is 0 Å². The second kappa shape index (κ2) is 8.90. The second-order valence-corrected chi connectivity index (χ2v) is 3.20. The van der Waals surface area contributed by atoms with Crippen LogP contribution in [0.3, 0.4) is 0 Å². The van der Waals surface area contributed by atoms with Gasteiger partial charge in [-0.25, -0.2) is 0 Å². The topological polar surface area (TPSA) is 49.7 Å². The lowest BCUT2D eigenvalue weighted by atomic mass is 10.3. The van der Waals surface area contributed by atoms with Crippen LogP contribution in [0.1, 0.15) is 6.42 Å². The van der Waals surface area contributed by atoms with Gasteiger partial charge < -0.3 is 14.9 Å². The van der Waals surface area contributed by atoms with Crippen molar-refractivity contribution in [1.82, 2.24) is 0 Å².